The number of aromatic nitrogens is 4. The lowest BCUT2D eigenvalue weighted by atomic mass is 10.1. The second kappa shape index (κ2) is 9.83. The highest BCUT2D eigenvalue weighted by Gasteiger charge is 2.23. The number of aromatic amines is 1. The summed E-state index contributed by atoms with van der Waals surface area (Å²) in [6.45, 7) is 3.17. The third kappa shape index (κ3) is 4.66. The van der Waals surface area contributed by atoms with Crippen molar-refractivity contribution in [1.82, 2.24) is 29.5 Å². The highest BCUT2D eigenvalue weighted by Crippen LogP contribution is 2.23. The van der Waals surface area contributed by atoms with Crippen LogP contribution < -0.4 is 5.56 Å². The first-order valence-corrected chi connectivity index (χ1v) is 12.4. The van der Waals surface area contributed by atoms with Crippen LogP contribution in [-0.4, -0.2) is 61.6 Å². The number of benzene rings is 3. The molecule has 0 saturated carbocycles. The second-order valence-electron chi connectivity index (χ2n) is 9.14. The van der Waals surface area contributed by atoms with E-state index in [1.165, 1.54) is 0 Å². The van der Waals surface area contributed by atoms with E-state index in [-0.39, 0.29) is 11.5 Å². The Labute approximate surface area is 213 Å². The van der Waals surface area contributed by atoms with Gasteiger partial charge in [-0.3, -0.25) is 14.5 Å². The van der Waals surface area contributed by atoms with E-state index in [0.29, 0.717) is 55.0 Å². The normalized spacial score (nSPS) is 14.2. The molecule has 0 aliphatic carbocycles. The molecule has 3 heterocycles. The van der Waals surface area contributed by atoms with Crippen molar-refractivity contribution in [3.8, 4) is 16.9 Å². The smallest absolute Gasteiger partial charge is 0.258 e. The lowest BCUT2D eigenvalue weighted by molar-refractivity contribution is 0.0625. The van der Waals surface area contributed by atoms with Gasteiger partial charge in [0.15, 0.2) is 0 Å². The van der Waals surface area contributed by atoms with Crippen LogP contribution in [0.1, 0.15) is 16.2 Å². The summed E-state index contributed by atoms with van der Waals surface area (Å²) in [4.78, 5) is 37.3. The monoisotopic (exact) mass is 490 g/mol. The average Bonchev–Trinajstić information content (AvgIpc) is 3.44. The third-order valence-electron chi connectivity index (χ3n) is 6.74. The van der Waals surface area contributed by atoms with E-state index in [1.807, 2.05) is 88.4 Å². The maximum atomic E-state index is 13.4. The number of amides is 1. The molecule has 0 spiro atoms. The Morgan fingerprint density at radius 1 is 0.865 bits per heavy atom. The third-order valence-corrected chi connectivity index (χ3v) is 6.74. The molecule has 1 aliphatic heterocycles. The van der Waals surface area contributed by atoms with Gasteiger partial charge in [0, 0.05) is 37.3 Å². The standard InChI is InChI=1S/C29H26N6O2/c36-28-24-11-4-5-12-25(24)31-27(32-28)20-33-15-17-34(18-16-33)29(37)22-9-6-10-23(19-22)35-26(13-14-30-35)21-7-2-1-3-8-21/h1-14,19H,15-18,20H2,(H,31,32,36). The van der Waals surface area contributed by atoms with Crippen LogP contribution in [0.25, 0.3) is 27.8 Å². The van der Waals surface area contributed by atoms with Crippen molar-refractivity contribution >= 4 is 16.8 Å². The van der Waals surface area contributed by atoms with Gasteiger partial charge in [-0.2, -0.15) is 5.10 Å². The summed E-state index contributed by atoms with van der Waals surface area (Å²) >= 11 is 0. The maximum Gasteiger partial charge on any atom is 0.258 e. The van der Waals surface area contributed by atoms with Crippen LogP contribution in [0.15, 0.2) is 95.9 Å². The number of rotatable bonds is 5. The van der Waals surface area contributed by atoms with E-state index in [4.69, 9.17) is 0 Å². The number of nitrogens with one attached hydrogen (secondary N) is 1. The molecular formula is C29H26N6O2. The number of nitrogens with zero attached hydrogens (tertiary/aromatic N) is 5. The average molecular weight is 491 g/mol. The van der Waals surface area contributed by atoms with Gasteiger partial charge >= 0.3 is 0 Å². The molecule has 3 aromatic carbocycles. The number of hydrogen-bond acceptors (Lipinski definition) is 5. The molecule has 2 aromatic heterocycles. The summed E-state index contributed by atoms with van der Waals surface area (Å²) in [7, 11) is 0. The minimum absolute atomic E-state index is 0.00662. The molecule has 1 saturated heterocycles. The van der Waals surface area contributed by atoms with Crippen molar-refractivity contribution in [2.24, 2.45) is 0 Å². The number of fused-ring (bicyclic) bond motifs is 1. The zero-order valence-electron chi connectivity index (χ0n) is 20.2. The number of piperazine rings is 1. The molecule has 184 valence electrons. The van der Waals surface area contributed by atoms with Crippen LogP contribution in [0.2, 0.25) is 0 Å². The Morgan fingerprint density at radius 3 is 2.49 bits per heavy atom. The summed E-state index contributed by atoms with van der Waals surface area (Å²) in [5.41, 5.74) is 4.10. The minimum Gasteiger partial charge on any atom is -0.336 e. The molecule has 0 bridgehead atoms. The van der Waals surface area contributed by atoms with E-state index in [1.54, 1.807) is 12.3 Å². The molecule has 37 heavy (non-hydrogen) atoms. The fraction of sp³-hybridized carbons (Fsp3) is 0.172. The summed E-state index contributed by atoms with van der Waals surface area (Å²) in [5.74, 6) is 0.650. The van der Waals surface area contributed by atoms with Gasteiger partial charge in [0.2, 0.25) is 0 Å². The lowest BCUT2D eigenvalue weighted by Crippen LogP contribution is -2.48. The Hall–Kier alpha value is -4.56. The second-order valence-corrected chi connectivity index (χ2v) is 9.14. The molecule has 1 N–H and O–H groups in total. The summed E-state index contributed by atoms with van der Waals surface area (Å²) in [5, 5.41) is 5.10. The van der Waals surface area contributed by atoms with Crippen LogP contribution in [-0.2, 0) is 6.54 Å². The molecule has 5 aromatic rings. The van der Waals surface area contributed by atoms with Crippen molar-refractivity contribution in [2.75, 3.05) is 26.2 Å². The lowest BCUT2D eigenvalue weighted by Gasteiger charge is -2.34. The molecule has 6 rings (SSSR count). The van der Waals surface area contributed by atoms with Gasteiger partial charge in [-0.1, -0.05) is 48.5 Å². The predicted molar refractivity (Wildman–Crippen MR) is 143 cm³/mol. The maximum absolute atomic E-state index is 13.4. The van der Waals surface area contributed by atoms with Gasteiger partial charge < -0.3 is 9.88 Å². The fourth-order valence-corrected chi connectivity index (χ4v) is 4.82. The van der Waals surface area contributed by atoms with E-state index in [0.717, 1.165) is 16.9 Å². The Morgan fingerprint density at radius 2 is 1.65 bits per heavy atom. The molecule has 1 amide bonds. The van der Waals surface area contributed by atoms with Gasteiger partial charge in [0.05, 0.1) is 35.0 Å². The SMILES string of the molecule is O=C(c1cccc(-n2nccc2-c2ccccc2)c1)N1CCN(Cc2nc3ccccc3c(=O)[nH]2)CC1. The van der Waals surface area contributed by atoms with E-state index < -0.39 is 0 Å². The van der Waals surface area contributed by atoms with Crippen LogP contribution >= 0.6 is 0 Å². The molecule has 0 atom stereocenters. The van der Waals surface area contributed by atoms with Crippen LogP contribution in [0, 0.1) is 0 Å². The van der Waals surface area contributed by atoms with Crippen molar-refractivity contribution in [1.29, 1.82) is 0 Å². The van der Waals surface area contributed by atoms with Crippen molar-refractivity contribution in [2.45, 2.75) is 6.54 Å². The van der Waals surface area contributed by atoms with Crippen LogP contribution in [0.4, 0.5) is 0 Å². The van der Waals surface area contributed by atoms with Gasteiger partial charge in [0.1, 0.15) is 5.82 Å². The molecule has 0 radical (unpaired) electrons. The largest absolute Gasteiger partial charge is 0.336 e. The molecular weight excluding hydrogens is 464 g/mol. The molecule has 0 unspecified atom stereocenters. The van der Waals surface area contributed by atoms with E-state index in [2.05, 4.69) is 20.0 Å². The molecule has 1 fully saturated rings. The van der Waals surface area contributed by atoms with Crippen LogP contribution in [0.5, 0.6) is 0 Å². The number of para-hydroxylation sites is 1. The Bertz CT molecular complexity index is 1620. The number of hydrogen-bond donors (Lipinski definition) is 1. The highest BCUT2D eigenvalue weighted by molar-refractivity contribution is 5.95. The summed E-state index contributed by atoms with van der Waals surface area (Å²) in [6, 6.07) is 27.0. The van der Waals surface area contributed by atoms with Crippen molar-refractivity contribution in [3.63, 3.8) is 0 Å². The van der Waals surface area contributed by atoms with E-state index in [9.17, 15) is 9.59 Å². The molecule has 1 aliphatic rings. The van der Waals surface area contributed by atoms with E-state index >= 15 is 0 Å². The Kier molecular flexibility index (Phi) is 6.08. The highest BCUT2D eigenvalue weighted by atomic mass is 16.2. The number of H-pyrrole nitrogens is 1. The van der Waals surface area contributed by atoms with Crippen LogP contribution in [0.3, 0.4) is 0 Å². The number of carbonyl (C=O) groups is 1. The molecule has 8 heteroatoms. The Balaban J connectivity index is 1.14. The topological polar surface area (TPSA) is 87.1 Å². The quantitative estimate of drug-likeness (QED) is 0.406. The first kappa shape index (κ1) is 22.9. The minimum atomic E-state index is -0.123. The van der Waals surface area contributed by atoms with Gasteiger partial charge in [-0.15, -0.1) is 0 Å². The van der Waals surface area contributed by atoms with Gasteiger partial charge in [0.25, 0.3) is 11.5 Å². The summed E-state index contributed by atoms with van der Waals surface area (Å²) in [6.07, 6.45) is 1.77. The van der Waals surface area contributed by atoms with Crippen molar-refractivity contribution < 1.29 is 4.79 Å². The fourth-order valence-electron chi connectivity index (χ4n) is 4.82. The number of carbonyl (C=O) groups excluding carboxylic acids is 1. The first-order chi connectivity index (χ1) is 18.2. The van der Waals surface area contributed by atoms with Crippen molar-refractivity contribution in [3.05, 3.63) is 113 Å². The zero-order valence-corrected chi connectivity index (χ0v) is 20.2. The summed E-state index contributed by atoms with van der Waals surface area (Å²) < 4.78 is 1.86. The predicted octanol–water partition coefficient (Wildman–Crippen LogP) is 3.73. The van der Waals surface area contributed by atoms with Gasteiger partial charge in [-0.05, 0) is 36.4 Å². The zero-order chi connectivity index (χ0) is 25.2. The first-order valence-electron chi connectivity index (χ1n) is 12.4. The molecule has 8 nitrogen and oxygen atoms in total. The van der Waals surface area contributed by atoms with Gasteiger partial charge in [-0.25, -0.2) is 9.67 Å².